The van der Waals surface area contributed by atoms with E-state index in [0.29, 0.717) is 55.9 Å². The Hall–Kier alpha value is -3.10. The van der Waals surface area contributed by atoms with Crippen LogP contribution in [0.1, 0.15) is 12.5 Å². The fourth-order valence-electron chi connectivity index (χ4n) is 2.72. The zero-order valence-corrected chi connectivity index (χ0v) is 15.0. The van der Waals surface area contributed by atoms with E-state index in [9.17, 15) is 4.79 Å². The Kier molecular flexibility index (Phi) is 5.35. The molecule has 1 aliphatic rings. The van der Waals surface area contributed by atoms with Gasteiger partial charge in [0.25, 0.3) is 0 Å². The molecular formula is C17H23N7O2. The number of hydrogen-bond acceptors (Lipinski definition) is 8. The van der Waals surface area contributed by atoms with Gasteiger partial charge in [-0.1, -0.05) is 6.07 Å². The maximum atomic E-state index is 11.8. The quantitative estimate of drug-likeness (QED) is 0.852. The number of carbonyl (C=O) groups is 1. The van der Waals surface area contributed by atoms with Gasteiger partial charge in [-0.3, -0.25) is 0 Å². The van der Waals surface area contributed by atoms with Gasteiger partial charge in [-0.2, -0.15) is 0 Å². The summed E-state index contributed by atoms with van der Waals surface area (Å²) in [5, 5.41) is 3.12. The van der Waals surface area contributed by atoms with Gasteiger partial charge in [-0.05, 0) is 25.5 Å². The van der Waals surface area contributed by atoms with E-state index in [2.05, 4.69) is 20.3 Å². The molecule has 26 heavy (non-hydrogen) atoms. The Morgan fingerprint density at radius 1 is 1.23 bits per heavy atom. The molecule has 9 nitrogen and oxygen atoms in total. The third-order valence-electron chi connectivity index (χ3n) is 4.13. The number of carbonyl (C=O) groups excluding carboxylic acids is 1. The van der Waals surface area contributed by atoms with Crippen LogP contribution in [-0.4, -0.2) is 58.7 Å². The molecule has 2 aromatic heterocycles. The van der Waals surface area contributed by atoms with E-state index in [1.54, 1.807) is 18.0 Å². The van der Waals surface area contributed by atoms with Gasteiger partial charge in [0.2, 0.25) is 0 Å². The smallest absolute Gasteiger partial charge is 0.409 e. The number of anilines is 4. The molecule has 0 unspecified atom stereocenters. The average Bonchev–Trinajstić information content (AvgIpc) is 2.66. The van der Waals surface area contributed by atoms with Crippen molar-refractivity contribution in [3.8, 4) is 0 Å². The van der Waals surface area contributed by atoms with Crippen LogP contribution in [0.3, 0.4) is 0 Å². The van der Waals surface area contributed by atoms with Gasteiger partial charge in [-0.15, -0.1) is 0 Å². The number of aryl methyl sites for hydroxylation is 1. The lowest BCUT2D eigenvalue weighted by Crippen LogP contribution is -2.49. The van der Waals surface area contributed by atoms with E-state index in [1.165, 1.54) is 6.33 Å². The van der Waals surface area contributed by atoms with Crippen LogP contribution in [-0.2, 0) is 4.74 Å². The highest BCUT2D eigenvalue weighted by Crippen LogP contribution is 2.28. The summed E-state index contributed by atoms with van der Waals surface area (Å²) in [5.74, 6) is 1.83. The number of ether oxygens (including phenoxy) is 1. The van der Waals surface area contributed by atoms with Crippen LogP contribution in [0.5, 0.6) is 0 Å². The van der Waals surface area contributed by atoms with Crippen LogP contribution in [0, 0.1) is 6.92 Å². The second-order valence-corrected chi connectivity index (χ2v) is 5.98. The number of nitrogen functional groups attached to an aromatic ring is 1. The third kappa shape index (κ3) is 3.93. The second-order valence-electron chi connectivity index (χ2n) is 5.98. The predicted molar refractivity (Wildman–Crippen MR) is 99.5 cm³/mol. The van der Waals surface area contributed by atoms with Gasteiger partial charge in [0.05, 0.1) is 6.61 Å². The number of hydrogen-bond donors (Lipinski definition) is 2. The Morgan fingerprint density at radius 2 is 2.00 bits per heavy atom. The summed E-state index contributed by atoms with van der Waals surface area (Å²) < 4.78 is 5.04. The lowest BCUT2D eigenvalue weighted by atomic mass is 10.3. The van der Waals surface area contributed by atoms with Crippen molar-refractivity contribution < 1.29 is 9.53 Å². The molecule has 0 aliphatic carbocycles. The van der Waals surface area contributed by atoms with E-state index >= 15 is 0 Å². The zero-order valence-electron chi connectivity index (χ0n) is 15.0. The number of nitrogens with one attached hydrogen (secondary N) is 1. The highest BCUT2D eigenvalue weighted by molar-refractivity contribution is 5.78. The minimum absolute atomic E-state index is 0.282. The standard InChI is InChI=1S/C17H23N7O2/c1-3-26-17(25)24-8-6-23(7-9-24)16-14(18)15(20-11-21-16)22-13-5-4-12(2)10-19-13/h4-5,10-11H,3,6-9,18H2,1-2H3,(H,19,20,21,22). The molecule has 1 aliphatic heterocycles. The maximum Gasteiger partial charge on any atom is 0.409 e. The molecule has 0 radical (unpaired) electrons. The fourth-order valence-corrected chi connectivity index (χ4v) is 2.72. The normalized spacial score (nSPS) is 14.2. The van der Waals surface area contributed by atoms with Crippen LogP contribution in [0.2, 0.25) is 0 Å². The Balaban J connectivity index is 1.70. The number of amides is 1. The van der Waals surface area contributed by atoms with E-state index in [-0.39, 0.29) is 6.09 Å². The highest BCUT2D eigenvalue weighted by atomic mass is 16.6. The summed E-state index contributed by atoms with van der Waals surface area (Å²) >= 11 is 0. The lowest BCUT2D eigenvalue weighted by Gasteiger charge is -2.35. The van der Waals surface area contributed by atoms with Crippen LogP contribution in [0.15, 0.2) is 24.7 Å². The van der Waals surface area contributed by atoms with Gasteiger partial charge in [0.1, 0.15) is 17.8 Å². The highest BCUT2D eigenvalue weighted by Gasteiger charge is 2.24. The number of piperazine rings is 1. The minimum atomic E-state index is -0.282. The van der Waals surface area contributed by atoms with E-state index < -0.39 is 0 Å². The van der Waals surface area contributed by atoms with Crippen molar-refractivity contribution in [3.05, 3.63) is 30.2 Å². The maximum absolute atomic E-state index is 11.8. The predicted octanol–water partition coefficient (Wildman–Crippen LogP) is 1.78. The van der Waals surface area contributed by atoms with Crippen molar-refractivity contribution in [2.45, 2.75) is 13.8 Å². The molecule has 138 valence electrons. The summed E-state index contributed by atoms with van der Waals surface area (Å²) in [4.78, 5) is 28.4. The number of pyridine rings is 1. The minimum Gasteiger partial charge on any atom is -0.450 e. The van der Waals surface area contributed by atoms with Crippen molar-refractivity contribution >= 4 is 29.2 Å². The van der Waals surface area contributed by atoms with Crippen molar-refractivity contribution in [1.82, 2.24) is 19.9 Å². The number of rotatable bonds is 4. The molecule has 3 N–H and O–H groups in total. The molecule has 0 bridgehead atoms. The molecule has 0 aromatic carbocycles. The van der Waals surface area contributed by atoms with Gasteiger partial charge in [0, 0.05) is 32.4 Å². The molecule has 0 spiro atoms. The molecule has 0 saturated carbocycles. The molecule has 9 heteroatoms. The second kappa shape index (κ2) is 7.85. The largest absolute Gasteiger partial charge is 0.450 e. The average molecular weight is 357 g/mol. The summed E-state index contributed by atoms with van der Waals surface area (Å²) in [6.45, 7) is 6.52. The summed E-state index contributed by atoms with van der Waals surface area (Å²) in [6, 6.07) is 3.83. The molecular weight excluding hydrogens is 334 g/mol. The Labute approximate surface area is 152 Å². The summed E-state index contributed by atoms with van der Waals surface area (Å²) in [5.41, 5.74) is 7.81. The molecule has 1 fully saturated rings. The van der Waals surface area contributed by atoms with Crippen molar-refractivity contribution in [3.63, 3.8) is 0 Å². The SMILES string of the molecule is CCOC(=O)N1CCN(c2ncnc(Nc3ccc(C)cn3)c2N)CC1. The molecule has 3 rings (SSSR count). The monoisotopic (exact) mass is 357 g/mol. The number of nitrogens with zero attached hydrogens (tertiary/aromatic N) is 5. The number of nitrogens with two attached hydrogens (primary N) is 1. The van der Waals surface area contributed by atoms with Crippen LogP contribution in [0.4, 0.5) is 27.9 Å². The van der Waals surface area contributed by atoms with Crippen molar-refractivity contribution in [1.29, 1.82) is 0 Å². The fraction of sp³-hybridized carbons (Fsp3) is 0.412. The first-order chi connectivity index (χ1) is 12.6. The molecule has 2 aromatic rings. The van der Waals surface area contributed by atoms with Crippen LogP contribution < -0.4 is 16.0 Å². The topological polar surface area (TPSA) is 110 Å². The number of aromatic nitrogens is 3. The van der Waals surface area contributed by atoms with Gasteiger partial charge in [0.15, 0.2) is 11.6 Å². The van der Waals surface area contributed by atoms with Gasteiger partial charge >= 0.3 is 6.09 Å². The van der Waals surface area contributed by atoms with Gasteiger partial charge in [-0.25, -0.2) is 19.7 Å². The van der Waals surface area contributed by atoms with E-state index in [0.717, 1.165) is 5.56 Å². The first kappa shape index (κ1) is 17.7. The van der Waals surface area contributed by atoms with Crippen LogP contribution in [0.25, 0.3) is 0 Å². The Bertz CT molecular complexity index is 758. The Morgan fingerprint density at radius 3 is 2.65 bits per heavy atom. The molecule has 1 amide bonds. The summed E-state index contributed by atoms with van der Waals surface area (Å²) in [7, 11) is 0. The van der Waals surface area contributed by atoms with Crippen molar-refractivity contribution in [2.75, 3.05) is 48.7 Å². The van der Waals surface area contributed by atoms with Crippen LogP contribution >= 0.6 is 0 Å². The third-order valence-corrected chi connectivity index (χ3v) is 4.13. The van der Waals surface area contributed by atoms with Gasteiger partial charge < -0.3 is 25.6 Å². The zero-order chi connectivity index (χ0) is 18.5. The van der Waals surface area contributed by atoms with Crippen molar-refractivity contribution in [2.24, 2.45) is 0 Å². The molecule has 3 heterocycles. The molecule has 0 atom stereocenters. The lowest BCUT2D eigenvalue weighted by molar-refractivity contribution is 0.105. The van der Waals surface area contributed by atoms with E-state index in [4.69, 9.17) is 10.5 Å². The first-order valence-electron chi connectivity index (χ1n) is 8.55. The first-order valence-corrected chi connectivity index (χ1v) is 8.55. The van der Waals surface area contributed by atoms with E-state index in [1.807, 2.05) is 24.0 Å². The molecule has 1 saturated heterocycles. The summed E-state index contributed by atoms with van der Waals surface area (Å²) in [6.07, 6.45) is 2.96.